The molecule has 16 heavy (non-hydrogen) atoms. The molecule has 0 radical (unpaired) electrons. The molecule has 0 bridgehead atoms. The van der Waals surface area contributed by atoms with Crippen LogP contribution in [0.15, 0.2) is 18.3 Å². The van der Waals surface area contributed by atoms with Crippen molar-refractivity contribution in [1.82, 2.24) is 4.98 Å². The van der Waals surface area contributed by atoms with E-state index in [0.29, 0.717) is 25.9 Å². The molecule has 0 spiro atoms. The van der Waals surface area contributed by atoms with Gasteiger partial charge in [-0.3, -0.25) is 4.79 Å². The molecule has 0 atom stereocenters. The van der Waals surface area contributed by atoms with Crippen molar-refractivity contribution >= 4 is 17.3 Å². The summed E-state index contributed by atoms with van der Waals surface area (Å²) in [6, 6.07) is 3.05. The van der Waals surface area contributed by atoms with E-state index < -0.39 is 4.92 Å². The molecule has 0 aromatic carbocycles. The van der Waals surface area contributed by atoms with Gasteiger partial charge >= 0.3 is 5.82 Å². The third kappa shape index (κ3) is 2.16. The van der Waals surface area contributed by atoms with Crippen molar-refractivity contribution in [2.24, 2.45) is 0 Å². The van der Waals surface area contributed by atoms with Gasteiger partial charge in [-0.1, -0.05) is 0 Å². The van der Waals surface area contributed by atoms with Crippen LogP contribution in [0, 0.1) is 10.1 Å². The van der Waals surface area contributed by atoms with Crippen molar-refractivity contribution in [2.75, 3.05) is 18.0 Å². The average molecular weight is 221 g/mol. The number of nitro groups is 1. The van der Waals surface area contributed by atoms with Crippen molar-refractivity contribution in [3.8, 4) is 0 Å². The van der Waals surface area contributed by atoms with E-state index in [4.69, 9.17) is 0 Å². The highest BCUT2D eigenvalue weighted by molar-refractivity contribution is 5.81. The second-order valence-electron chi connectivity index (χ2n) is 3.66. The van der Waals surface area contributed by atoms with Crippen LogP contribution in [0.3, 0.4) is 0 Å². The van der Waals surface area contributed by atoms with E-state index >= 15 is 0 Å². The summed E-state index contributed by atoms with van der Waals surface area (Å²) >= 11 is 0. The number of piperidine rings is 1. The van der Waals surface area contributed by atoms with Crippen LogP contribution < -0.4 is 4.90 Å². The SMILES string of the molecule is O=C1CCN(c2ccc([N+](=O)[O-])nc2)CC1. The number of pyridine rings is 1. The van der Waals surface area contributed by atoms with Gasteiger partial charge in [0.25, 0.3) is 0 Å². The van der Waals surface area contributed by atoms with E-state index in [0.717, 1.165) is 5.69 Å². The molecule has 84 valence electrons. The van der Waals surface area contributed by atoms with Gasteiger partial charge in [-0.15, -0.1) is 0 Å². The Morgan fingerprint density at radius 3 is 2.50 bits per heavy atom. The van der Waals surface area contributed by atoms with E-state index in [1.165, 1.54) is 12.3 Å². The summed E-state index contributed by atoms with van der Waals surface area (Å²) in [5.41, 5.74) is 0.832. The molecule has 6 nitrogen and oxygen atoms in total. The largest absolute Gasteiger partial charge is 0.368 e. The van der Waals surface area contributed by atoms with Gasteiger partial charge < -0.3 is 15.0 Å². The number of aromatic nitrogens is 1. The summed E-state index contributed by atoms with van der Waals surface area (Å²) in [6.07, 6.45) is 2.56. The Hall–Kier alpha value is -1.98. The van der Waals surface area contributed by atoms with Gasteiger partial charge in [0, 0.05) is 32.0 Å². The average Bonchev–Trinajstić information content (AvgIpc) is 2.30. The summed E-state index contributed by atoms with van der Waals surface area (Å²) in [6.45, 7) is 1.33. The zero-order chi connectivity index (χ0) is 11.5. The number of nitrogens with zero attached hydrogens (tertiary/aromatic N) is 3. The molecule has 2 rings (SSSR count). The lowest BCUT2D eigenvalue weighted by Gasteiger charge is -2.26. The minimum atomic E-state index is -0.524. The molecule has 0 amide bonds. The van der Waals surface area contributed by atoms with Crippen molar-refractivity contribution in [3.05, 3.63) is 28.4 Å². The molecule has 0 saturated carbocycles. The summed E-state index contributed by atoms with van der Waals surface area (Å²) in [5.74, 6) is 0.114. The zero-order valence-corrected chi connectivity index (χ0v) is 8.63. The first-order chi connectivity index (χ1) is 7.66. The second-order valence-corrected chi connectivity index (χ2v) is 3.66. The smallest absolute Gasteiger partial charge is 0.363 e. The topological polar surface area (TPSA) is 76.3 Å². The maximum Gasteiger partial charge on any atom is 0.363 e. The van der Waals surface area contributed by atoms with Crippen LogP contribution in [0.25, 0.3) is 0 Å². The quantitative estimate of drug-likeness (QED) is 0.553. The van der Waals surface area contributed by atoms with Gasteiger partial charge in [-0.05, 0) is 16.0 Å². The first-order valence-corrected chi connectivity index (χ1v) is 5.04. The van der Waals surface area contributed by atoms with Crippen LogP contribution in [0.5, 0.6) is 0 Å². The lowest BCUT2D eigenvalue weighted by Crippen LogP contribution is -2.33. The molecular formula is C10H11N3O3. The van der Waals surface area contributed by atoms with E-state index in [2.05, 4.69) is 4.98 Å². The van der Waals surface area contributed by atoms with E-state index in [1.807, 2.05) is 4.90 Å². The molecule has 0 unspecified atom stereocenters. The fraction of sp³-hybridized carbons (Fsp3) is 0.400. The molecule has 1 aromatic heterocycles. The van der Waals surface area contributed by atoms with Crippen LogP contribution in [0.4, 0.5) is 11.5 Å². The standard InChI is InChI=1S/C10H11N3O3/c14-9-3-5-12(6-4-9)8-1-2-10(11-7-8)13(15)16/h1-2,7H,3-6H2. The maximum atomic E-state index is 11.1. The van der Waals surface area contributed by atoms with E-state index in [-0.39, 0.29) is 11.6 Å². The first kappa shape index (κ1) is 10.5. The number of Topliss-reactive ketones (excluding diaryl/α,β-unsaturated/α-hetero) is 1. The minimum Gasteiger partial charge on any atom is -0.368 e. The van der Waals surface area contributed by atoms with Crippen molar-refractivity contribution in [3.63, 3.8) is 0 Å². The zero-order valence-electron chi connectivity index (χ0n) is 8.63. The molecule has 0 aliphatic carbocycles. The van der Waals surface area contributed by atoms with Crippen LogP contribution in [0.2, 0.25) is 0 Å². The van der Waals surface area contributed by atoms with Crippen LogP contribution >= 0.6 is 0 Å². The fourth-order valence-electron chi connectivity index (χ4n) is 1.69. The van der Waals surface area contributed by atoms with Gasteiger partial charge in [-0.2, -0.15) is 0 Å². The monoisotopic (exact) mass is 221 g/mol. The molecule has 1 aromatic rings. The summed E-state index contributed by atoms with van der Waals surface area (Å²) in [5, 5.41) is 10.4. The predicted octanol–water partition coefficient (Wildman–Crippen LogP) is 1.16. The normalized spacial score (nSPS) is 16.2. The molecule has 6 heteroatoms. The number of hydrogen-bond donors (Lipinski definition) is 0. The summed E-state index contributed by atoms with van der Waals surface area (Å²) in [4.78, 5) is 26.7. The molecule has 1 aliphatic rings. The highest BCUT2D eigenvalue weighted by Gasteiger charge is 2.18. The van der Waals surface area contributed by atoms with E-state index in [9.17, 15) is 14.9 Å². The highest BCUT2D eigenvalue weighted by atomic mass is 16.6. The number of carbonyl (C=O) groups is 1. The molecule has 2 heterocycles. The van der Waals surface area contributed by atoms with Gasteiger partial charge in [-0.25, -0.2) is 0 Å². The van der Waals surface area contributed by atoms with Gasteiger partial charge in [0.05, 0.1) is 5.69 Å². The van der Waals surface area contributed by atoms with Gasteiger partial charge in [0.1, 0.15) is 5.78 Å². The molecule has 0 N–H and O–H groups in total. The number of rotatable bonds is 2. The summed E-state index contributed by atoms with van der Waals surface area (Å²) < 4.78 is 0. The van der Waals surface area contributed by atoms with Crippen molar-refractivity contribution in [1.29, 1.82) is 0 Å². The Morgan fingerprint density at radius 1 is 1.31 bits per heavy atom. The molecular weight excluding hydrogens is 210 g/mol. The molecule has 1 aliphatic heterocycles. The van der Waals surface area contributed by atoms with Crippen LogP contribution in [-0.2, 0) is 4.79 Å². The lowest BCUT2D eigenvalue weighted by atomic mass is 10.1. The third-order valence-corrected chi connectivity index (χ3v) is 2.61. The molecule has 1 saturated heterocycles. The second kappa shape index (κ2) is 4.26. The van der Waals surface area contributed by atoms with Crippen molar-refractivity contribution in [2.45, 2.75) is 12.8 Å². The Kier molecular flexibility index (Phi) is 2.80. The summed E-state index contributed by atoms with van der Waals surface area (Å²) in [7, 11) is 0. The Bertz CT molecular complexity index is 406. The Labute approximate surface area is 92.0 Å². The fourth-order valence-corrected chi connectivity index (χ4v) is 1.69. The van der Waals surface area contributed by atoms with E-state index in [1.54, 1.807) is 6.07 Å². The highest BCUT2D eigenvalue weighted by Crippen LogP contribution is 2.19. The number of ketones is 1. The Morgan fingerprint density at radius 2 is 2.00 bits per heavy atom. The number of anilines is 1. The van der Waals surface area contributed by atoms with Crippen LogP contribution in [-0.4, -0.2) is 28.8 Å². The number of hydrogen-bond acceptors (Lipinski definition) is 5. The lowest BCUT2D eigenvalue weighted by molar-refractivity contribution is -0.389. The Balaban J connectivity index is 2.10. The molecule has 1 fully saturated rings. The third-order valence-electron chi connectivity index (χ3n) is 2.61. The minimum absolute atomic E-state index is 0.156. The van der Waals surface area contributed by atoms with Crippen molar-refractivity contribution < 1.29 is 9.72 Å². The predicted molar refractivity (Wildman–Crippen MR) is 57.3 cm³/mol. The van der Waals surface area contributed by atoms with Crippen LogP contribution in [0.1, 0.15) is 12.8 Å². The number of carbonyl (C=O) groups excluding carboxylic acids is 1. The van der Waals surface area contributed by atoms with Gasteiger partial charge in [0.2, 0.25) is 0 Å². The maximum absolute atomic E-state index is 11.1. The van der Waals surface area contributed by atoms with Gasteiger partial charge in [0.15, 0.2) is 6.20 Å². The first-order valence-electron chi connectivity index (χ1n) is 5.04.